The molecule has 0 fully saturated rings. The molecule has 0 saturated carbocycles. The Labute approximate surface area is 148 Å². The maximum absolute atomic E-state index is 12.9. The third-order valence-electron chi connectivity index (χ3n) is 3.63. The van der Waals surface area contributed by atoms with Crippen LogP contribution in [0.15, 0.2) is 59.7 Å². The molecule has 7 heteroatoms. The average molecular weight is 360 g/mol. The second-order valence-corrected chi connectivity index (χ2v) is 5.66. The van der Waals surface area contributed by atoms with Crippen LogP contribution in [0.3, 0.4) is 0 Å². The highest BCUT2D eigenvalue weighted by Crippen LogP contribution is 2.26. The predicted octanol–water partition coefficient (Wildman–Crippen LogP) is 3.65. The van der Waals surface area contributed by atoms with Gasteiger partial charge in [-0.2, -0.15) is 0 Å². The first kappa shape index (κ1) is 17.0. The van der Waals surface area contributed by atoms with Crippen molar-refractivity contribution in [3.05, 3.63) is 81.6 Å². The van der Waals surface area contributed by atoms with Crippen molar-refractivity contribution >= 4 is 17.4 Å². The number of anilines is 1. The molecule has 0 unspecified atom stereocenters. The van der Waals surface area contributed by atoms with Gasteiger partial charge >= 0.3 is 0 Å². The van der Waals surface area contributed by atoms with Crippen LogP contribution in [-0.2, 0) is 6.54 Å². The van der Waals surface area contributed by atoms with Gasteiger partial charge in [0.25, 0.3) is 5.56 Å². The van der Waals surface area contributed by atoms with Crippen LogP contribution in [0.1, 0.15) is 5.56 Å². The molecule has 25 heavy (non-hydrogen) atoms. The number of nitrogens with zero attached hydrogens (tertiary/aromatic N) is 2. The fourth-order valence-electron chi connectivity index (χ4n) is 2.33. The summed E-state index contributed by atoms with van der Waals surface area (Å²) < 4.78 is 19.5. The summed E-state index contributed by atoms with van der Waals surface area (Å²) >= 11 is 6.12. The number of rotatable bonds is 5. The van der Waals surface area contributed by atoms with Gasteiger partial charge in [0.15, 0.2) is 5.82 Å². The minimum Gasteiger partial charge on any atom is -0.495 e. The highest BCUT2D eigenvalue weighted by Gasteiger charge is 2.09. The normalized spacial score (nSPS) is 10.5. The fraction of sp³-hybridized carbons (Fsp3) is 0.111. The van der Waals surface area contributed by atoms with Crippen LogP contribution in [-0.4, -0.2) is 16.7 Å². The zero-order valence-electron chi connectivity index (χ0n) is 13.4. The van der Waals surface area contributed by atoms with Crippen LogP contribution in [0, 0.1) is 5.82 Å². The van der Waals surface area contributed by atoms with E-state index in [1.54, 1.807) is 36.5 Å². The van der Waals surface area contributed by atoms with Crippen LogP contribution >= 0.6 is 11.6 Å². The zero-order chi connectivity index (χ0) is 17.8. The van der Waals surface area contributed by atoms with E-state index in [0.717, 1.165) is 5.56 Å². The summed E-state index contributed by atoms with van der Waals surface area (Å²) in [7, 11) is 1.52. The molecule has 3 aromatic rings. The molecule has 0 aliphatic carbocycles. The number of halogens is 2. The monoisotopic (exact) mass is 359 g/mol. The van der Waals surface area contributed by atoms with Crippen molar-refractivity contribution in [1.82, 2.24) is 9.55 Å². The summed E-state index contributed by atoms with van der Waals surface area (Å²) in [5, 5.41) is 3.38. The first-order chi connectivity index (χ1) is 12.1. The molecule has 0 aliphatic heterocycles. The Hall–Kier alpha value is -2.86. The molecule has 0 saturated heterocycles. The van der Waals surface area contributed by atoms with Gasteiger partial charge in [-0.1, -0.05) is 23.7 Å². The van der Waals surface area contributed by atoms with Gasteiger partial charge < -0.3 is 10.1 Å². The van der Waals surface area contributed by atoms with Gasteiger partial charge in [0.1, 0.15) is 11.6 Å². The molecule has 0 amide bonds. The highest BCUT2D eigenvalue weighted by molar-refractivity contribution is 6.32. The van der Waals surface area contributed by atoms with Crippen molar-refractivity contribution in [2.75, 3.05) is 12.4 Å². The maximum atomic E-state index is 12.9. The summed E-state index contributed by atoms with van der Waals surface area (Å²) in [6, 6.07) is 11.1. The third kappa shape index (κ3) is 3.80. The zero-order valence-corrected chi connectivity index (χ0v) is 14.1. The van der Waals surface area contributed by atoms with E-state index in [9.17, 15) is 9.18 Å². The number of hydrogen-bond acceptors (Lipinski definition) is 4. The van der Waals surface area contributed by atoms with Crippen molar-refractivity contribution in [1.29, 1.82) is 0 Å². The summed E-state index contributed by atoms with van der Waals surface area (Å²) in [4.78, 5) is 16.7. The molecule has 1 N–H and O–H groups in total. The Morgan fingerprint density at radius 3 is 2.68 bits per heavy atom. The molecule has 0 spiro atoms. The van der Waals surface area contributed by atoms with E-state index in [-0.39, 0.29) is 17.2 Å². The number of methoxy groups -OCH3 is 1. The Kier molecular flexibility index (Phi) is 5.00. The standard InChI is InChI=1S/C18H15ClFN3O2/c1-25-16-7-6-14(10-15(16)19)23-9-8-21-17(18(23)24)22-11-12-2-4-13(20)5-3-12/h2-10H,11H2,1H3,(H,21,22). The van der Waals surface area contributed by atoms with Crippen LogP contribution in [0.25, 0.3) is 5.69 Å². The quantitative estimate of drug-likeness (QED) is 0.755. The van der Waals surface area contributed by atoms with Crippen molar-refractivity contribution in [2.24, 2.45) is 0 Å². The SMILES string of the molecule is COc1ccc(-n2ccnc(NCc3ccc(F)cc3)c2=O)cc1Cl. The Bertz CT molecular complexity index is 942. The first-order valence-corrected chi connectivity index (χ1v) is 7.86. The lowest BCUT2D eigenvalue weighted by molar-refractivity contribution is 0.415. The van der Waals surface area contributed by atoms with E-state index in [0.29, 0.717) is 23.0 Å². The van der Waals surface area contributed by atoms with Crippen LogP contribution in [0.5, 0.6) is 5.75 Å². The third-order valence-corrected chi connectivity index (χ3v) is 3.92. The average Bonchev–Trinajstić information content (AvgIpc) is 2.62. The van der Waals surface area contributed by atoms with Crippen LogP contribution in [0.2, 0.25) is 5.02 Å². The van der Waals surface area contributed by atoms with Crippen molar-refractivity contribution in [3.8, 4) is 11.4 Å². The summed E-state index contributed by atoms with van der Waals surface area (Å²) in [5.41, 5.74) is 1.12. The molecule has 1 heterocycles. The topological polar surface area (TPSA) is 56.1 Å². The van der Waals surface area contributed by atoms with Gasteiger partial charge in [-0.15, -0.1) is 0 Å². The molecule has 1 aromatic heterocycles. The van der Waals surface area contributed by atoms with E-state index < -0.39 is 0 Å². The largest absolute Gasteiger partial charge is 0.495 e. The molecule has 128 valence electrons. The highest BCUT2D eigenvalue weighted by atomic mass is 35.5. The van der Waals surface area contributed by atoms with Gasteiger partial charge in [0, 0.05) is 18.9 Å². The molecule has 0 aliphatic rings. The lowest BCUT2D eigenvalue weighted by Crippen LogP contribution is -2.23. The second-order valence-electron chi connectivity index (χ2n) is 5.25. The van der Waals surface area contributed by atoms with E-state index in [1.165, 1.54) is 30.0 Å². The summed E-state index contributed by atoms with van der Waals surface area (Å²) in [5.74, 6) is 0.418. The van der Waals surface area contributed by atoms with E-state index in [1.807, 2.05) is 0 Å². The Morgan fingerprint density at radius 1 is 1.24 bits per heavy atom. The molecule has 0 bridgehead atoms. The van der Waals surface area contributed by atoms with Gasteiger partial charge in [0.2, 0.25) is 0 Å². The number of ether oxygens (including phenoxy) is 1. The number of benzene rings is 2. The van der Waals surface area contributed by atoms with E-state index in [2.05, 4.69) is 10.3 Å². The van der Waals surface area contributed by atoms with Crippen LogP contribution < -0.4 is 15.6 Å². The minimum atomic E-state index is -0.314. The molecule has 2 aromatic carbocycles. The molecule has 0 atom stereocenters. The first-order valence-electron chi connectivity index (χ1n) is 7.48. The molecular formula is C18H15ClFN3O2. The van der Waals surface area contributed by atoms with Crippen LogP contribution in [0.4, 0.5) is 10.2 Å². The van der Waals surface area contributed by atoms with Gasteiger partial charge in [-0.05, 0) is 35.9 Å². The minimum absolute atomic E-state index is 0.193. The second kappa shape index (κ2) is 7.36. The Balaban J connectivity index is 1.86. The smallest absolute Gasteiger partial charge is 0.297 e. The lowest BCUT2D eigenvalue weighted by Gasteiger charge is -2.11. The molecule has 5 nitrogen and oxygen atoms in total. The molecule has 0 radical (unpaired) electrons. The van der Waals surface area contributed by atoms with Crippen molar-refractivity contribution in [2.45, 2.75) is 6.54 Å². The van der Waals surface area contributed by atoms with Crippen molar-refractivity contribution < 1.29 is 9.13 Å². The lowest BCUT2D eigenvalue weighted by atomic mass is 10.2. The van der Waals surface area contributed by atoms with E-state index >= 15 is 0 Å². The Morgan fingerprint density at radius 2 is 2.00 bits per heavy atom. The van der Waals surface area contributed by atoms with Gasteiger partial charge in [0.05, 0.1) is 17.8 Å². The van der Waals surface area contributed by atoms with Gasteiger partial charge in [-0.25, -0.2) is 9.37 Å². The fourth-order valence-corrected chi connectivity index (χ4v) is 2.58. The number of hydrogen-bond donors (Lipinski definition) is 1. The molecular weight excluding hydrogens is 345 g/mol. The van der Waals surface area contributed by atoms with E-state index in [4.69, 9.17) is 16.3 Å². The summed E-state index contributed by atoms with van der Waals surface area (Å²) in [6.07, 6.45) is 3.08. The molecule has 3 rings (SSSR count). The summed E-state index contributed by atoms with van der Waals surface area (Å²) in [6.45, 7) is 0.357. The maximum Gasteiger partial charge on any atom is 0.297 e. The predicted molar refractivity (Wildman–Crippen MR) is 95.1 cm³/mol. The van der Waals surface area contributed by atoms with Gasteiger partial charge in [-0.3, -0.25) is 9.36 Å². The number of nitrogens with one attached hydrogen (secondary N) is 1. The van der Waals surface area contributed by atoms with Crippen molar-refractivity contribution in [3.63, 3.8) is 0 Å². The number of aromatic nitrogens is 2.